The lowest BCUT2D eigenvalue weighted by molar-refractivity contribution is -0.144. The number of allylic oxidation sites excluding steroid dienone is 2. The quantitative estimate of drug-likeness (QED) is 0.411. The van der Waals surface area contributed by atoms with E-state index in [0.717, 1.165) is 61.5 Å². The second kappa shape index (κ2) is 11.2. The van der Waals surface area contributed by atoms with Crippen molar-refractivity contribution in [1.29, 1.82) is 0 Å². The summed E-state index contributed by atoms with van der Waals surface area (Å²) in [4.78, 5) is 35.0. The fraction of sp³-hybridized carbons (Fsp3) is 0.576. The average molecular weight is 611 g/mol. The van der Waals surface area contributed by atoms with E-state index in [1.54, 1.807) is 4.90 Å². The topological polar surface area (TPSA) is 105 Å². The molecule has 5 aliphatic rings. The normalized spacial score (nSPS) is 27.6. The summed E-state index contributed by atoms with van der Waals surface area (Å²) in [5.41, 5.74) is 2.24. The van der Waals surface area contributed by atoms with Crippen molar-refractivity contribution in [2.45, 2.75) is 81.8 Å². The van der Waals surface area contributed by atoms with E-state index in [0.29, 0.717) is 45.4 Å². The van der Waals surface area contributed by atoms with Crippen molar-refractivity contribution in [2.75, 3.05) is 24.7 Å². The number of aliphatic carboxylic acids is 1. The Bertz CT molecular complexity index is 1490. The summed E-state index contributed by atoms with van der Waals surface area (Å²) >= 11 is 0. The maximum Gasteiger partial charge on any atom is 0.434 e. The molecule has 7 rings (SSSR count). The first-order valence-corrected chi connectivity index (χ1v) is 15.8. The van der Waals surface area contributed by atoms with Crippen molar-refractivity contribution in [3.05, 3.63) is 52.9 Å². The zero-order chi connectivity index (χ0) is 30.6. The van der Waals surface area contributed by atoms with E-state index < -0.39 is 35.2 Å². The van der Waals surface area contributed by atoms with Gasteiger partial charge in [-0.1, -0.05) is 12.1 Å². The molecule has 2 aliphatic heterocycles. The Morgan fingerprint density at radius 2 is 1.82 bits per heavy atom. The number of hydrogen-bond donors (Lipinski definition) is 2. The Hall–Kier alpha value is -3.47. The molecule has 234 valence electrons. The highest BCUT2D eigenvalue weighted by Crippen LogP contribution is 2.50. The van der Waals surface area contributed by atoms with Crippen molar-refractivity contribution in [3.63, 3.8) is 0 Å². The van der Waals surface area contributed by atoms with Crippen LogP contribution in [0.25, 0.3) is 5.57 Å². The number of alkyl halides is 3. The summed E-state index contributed by atoms with van der Waals surface area (Å²) in [5.74, 6) is -1.85. The van der Waals surface area contributed by atoms with Gasteiger partial charge in [0.05, 0.1) is 11.5 Å². The molecular weight excluding hydrogens is 573 g/mol. The molecule has 1 spiro atoms. The number of benzene rings is 1. The minimum absolute atomic E-state index is 0.0711. The minimum atomic E-state index is -4.86. The van der Waals surface area contributed by atoms with E-state index in [9.17, 15) is 27.9 Å². The maximum absolute atomic E-state index is 14.5. The Labute approximate surface area is 254 Å². The van der Waals surface area contributed by atoms with Crippen LogP contribution in [0.5, 0.6) is 0 Å². The van der Waals surface area contributed by atoms with Crippen LogP contribution in [0.4, 0.5) is 24.8 Å². The summed E-state index contributed by atoms with van der Waals surface area (Å²) in [6.07, 6.45) is 6.19. The predicted molar refractivity (Wildman–Crippen MR) is 156 cm³/mol. The number of ether oxygens (including phenoxy) is 1. The fourth-order valence-electron chi connectivity index (χ4n) is 8.49. The van der Waals surface area contributed by atoms with Crippen LogP contribution >= 0.6 is 0 Å². The average Bonchev–Trinajstić information content (AvgIpc) is 3.64. The van der Waals surface area contributed by atoms with Crippen molar-refractivity contribution >= 4 is 29.1 Å². The predicted octanol–water partition coefficient (Wildman–Crippen LogP) is 6.27. The number of aromatic nitrogens is 2. The molecule has 0 radical (unpaired) electrons. The van der Waals surface area contributed by atoms with Crippen LogP contribution in [0.1, 0.15) is 91.4 Å². The minimum Gasteiger partial charge on any atom is -0.481 e. The number of hydrogen-bond acceptors (Lipinski definition) is 6. The number of carbonyl (C=O) groups excluding carboxylic acids is 1. The van der Waals surface area contributed by atoms with E-state index in [-0.39, 0.29) is 29.2 Å². The smallest absolute Gasteiger partial charge is 0.434 e. The molecule has 2 aromatic rings. The zero-order valence-corrected chi connectivity index (χ0v) is 24.5. The molecular formula is C33H37F3N4O4. The summed E-state index contributed by atoms with van der Waals surface area (Å²) < 4.78 is 49.1. The van der Waals surface area contributed by atoms with Gasteiger partial charge in [-0.25, -0.2) is 9.97 Å². The lowest BCUT2D eigenvalue weighted by atomic mass is 9.66. The maximum atomic E-state index is 14.5. The van der Waals surface area contributed by atoms with Gasteiger partial charge in [-0.05, 0) is 105 Å². The van der Waals surface area contributed by atoms with E-state index in [1.165, 1.54) is 5.57 Å². The van der Waals surface area contributed by atoms with Gasteiger partial charge in [0.15, 0.2) is 5.69 Å². The van der Waals surface area contributed by atoms with E-state index in [4.69, 9.17) is 4.74 Å². The monoisotopic (exact) mass is 610 g/mol. The molecule has 2 bridgehead atoms. The van der Waals surface area contributed by atoms with Crippen LogP contribution in [0.2, 0.25) is 0 Å². The molecule has 2 unspecified atom stereocenters. The molecule has 2 saturated carbocycles. The number of anilines is 2. The molecule has 8 nitrogen and oxygen atoms in total. The number of carboxylic acid groups (broad SMARTS) is 1. The standard InChI is InChI=1S/C33H37F3N4O4/c34-33(35,36)28-25(29(41)38-24-14-19-11-20(15-24)13-23(12-19)30(42)43)17-37-31(39-28)40-18-32(7-9-44-10-8-32)26-16-22(5-6-27(26)40)21-3-1-2-4-21/h3,5-6,16-17,19-20,23-24H,1-2,4,7-15,18H2,(H,38,41)(H,42,43). The first kappa shape index (κ1) is 29.3. The van der Waals surface area contributed by atoms with E-state index in [2.05, 4.69) is 27.4 Å². The van der Waals surface area contributed by atoms with Gasteiger partial charge in [-0.15, -0.1) is 0 Å². The molecule has 1 saturated heterocycles. The van der Waals surface area contributed by atoms with Gasteiger partial charge < -0.3 is 20.1 Å². The highest BCUT2D eigenvalue weighted by atomic mass is 19.4. The first-order chi connectivity index (χ1) is 21.1. The Morgan fingerprint density at radius 3 is 2.48 bits per heavy atom. The molecule has 2 atom stereocenters. The lowest BCUT2D eigenvalue weighted by Gasteiger charge is -2.41. The first-order valence-electron chi connectivity index (χ1n) is 15.8. The molecule has 3 aliphatic carbocycles. The van der Waals surface area contributed by atoms with Crippen molar-refractivity contribution < 1.29 is 32.6 Å². The third-order valence-electron chi connectivity index (χ3n) is 10.5. The van der Waals surface area contributed by atoms with Crippen molar-refractivity contribution in [3.8, 4) is 0 Å². The van der Waals surface area contributed by atoms with Gasteiger partial charge in [0, 0.05) is 43.1 Å². The summed E-state index contributed by atoms with van der Waals surface area (Å²) in [6, 6.07) is 5.89. The highest BCUT2D eigenvalue weighted by molar-refractivity contribution is 5.95. The van der Waals surface area contributed by atoms with Crippen molar-refractivity contribution in [1.82, 2.24) is 15.3 Å². The number of fused-ring (bicyclic) bond motifs is 4. The largest absolute Gasteiger partial charge is 0.481 e. The van der Waals surface area contributed by atoms with Crippen LogP contribution in [0, 0.1) is 17.8 Å². The number of carboxylic acids is 1. The van der Waals surface area contributed by atoms with Crippen LogP contribution < -0.4 is 10.2 Å². The second-order valence-electron chi connectivity index (χ2n) is 13.4. The number of amides is 1. The number of nitrogens with one attached hydrogen (secondary N) is 1. The van der Waals surface area contributed by atoms with Crippen LogP contribution in [0.15, 0.2) is 30.5 Å². The van der Waals surface area contributed by atoms with E-state index >= 15 is 0 Å². The fourth-order valence-corrected chi connectivity index (χ4v) is 8.49. The SMILES string of the molecule is O=C(NC1CC2CC(C1)CC(C(=O)O)C2)c1cnc(N2CC3(CCOCC3)c3cc(C4=CCCC4)ccc32)nc1C(F)(F)F. The molecule has 44 heavy (non-hydrogen) atoms. The van der Waals surface area contributed by atoms with Gasteiger partial charge in [0.2, 0.25) is 5.95 Å². The van der Waals surface area contributed by atoms with Gasteiger partial charge in [0.1, 0.15) is 0 Å². The lowest BCUT2D eigenvalue weighted by Crippen LogP contribution is -2.44. The zero-order valence-electron chi connectivity index (χ0n) is 24.5. The number of rotatable bonds is 5. The highest BCUT2D eigenvalue weighted by Gasteiger charge is 2.47. The van der Waals surface area contributed by atoms with Crippen LogP contribution in [-0.2, 0) is 21.1 Å². The van der Waals surface area contributed by atoms with Crippen LogP contribution in [0.3, 0.4) is 0 Å². The Kier molecular flexibility index (Phi) is 7.42. The van der Waals surface area contributed by atoms with Crippen molar-refractivity contribution in [2.24, 2.45) is 17.8 Å². The summed E-state index contributed by atoms with van der Waals surface area (Å²) in [7, 11) is 0. The molecule has 1 aromatic carbocycles. The molecule has 3 fully saturated rings. The van der Waals surface area contributed by atoms with Gasteiger partial charge in [-0.3, -0.25) is 9.59 Å². The molecule has 3 heterocycles. The van der Waals surface area contributed by atoms with Gasteiger partial charge in [-0.2, -0.15) is 13.2 Å². The van der Waals surface area contributed by atoms with Gasteiger partial charge in [0.25, 0.3) is 5.91 Å². The van der Waals surface area contributed by atoms with E-state index in [1.807, 2.05) is 12.1 Å². The Balaban J connectivity index is 1.17. The van der Waals surface area contributed by atoms with Crippen LogP contribution in [-0.4, -0.2) is 52.8 Å². The molecule has 2 N–H and O–H groups in total. The summed E-state index contributed by atoms with van der Waals surface area (Å²) in [6.45, 7) is 1.60. The number of nitrogens with zero attached hydrogens (tertiary/aromatic N) is 3. The third kappa shape index (κ3) is 5.37. The molecule has 1 aromatic heterocycles. The molecule has 1 amide bonds. The number of carbonyl (C=O) groups is 2. The van der Waals surface area contributed by atoms with Gasteiger partial charge >= 0.3 is 12.1 Å². The number of halogens is 3. The third-order valence-corrected chi connectivity index (χ3v) is 10.5. The summed E-state index contributed by atoms with van der Waals surface area (Å²) in [5, 5.41) is 12.2. The molecule has 11 heteroatoms. The Morgan fingerprint density at radius 1 is 1.07 bits per heavy atom. The second-order valence-corrected chi connectivity index (χ2v) is 13.4.